The number of morpholine rings is 1. The minimum absolute atomic E-state index is 0.393. The van der Waals surface area contributed by atoms with Crippen LogP contribution in [0.15, 0.2) is 0 Å². The number of hydrogen-bond donors (Lipinski definition) is 1. The molecule has 2 aliphatic rings. The lowest BCUT2D eigenvalue weighted by Crippen LogP contribution is -2.52. The maximum absolute atomic E-state index is 5.76. The third kappa shape index (κ3) is 3.44. The number of ether oxygens (including phenoxy) is 1. The van der Waals surface area contributed by atoms with Crippen LogP contribution in [0.5, 0.6) is 0 Å². The number of nitrogens with one attached hydrogen (secondary N) is 1. The van der Waals surface area contributed by atoms with Gasteiger partial charge in [-0.1, -0.05) is 6.92 Å². The number of rotatable bonds is 2. The minimum Gasteiger partial charge on any atom is -0.373 e. The second kappa shape index (κ2) is 5.48. The van der Waals surface area contributed by atoms with Crippen molar-refractivity contribution in [1.29, 1.82) is 0 Å². The molecule has 0 aliphatic carbocycles. The molecule has 2 saturated heterocycles. The lowest BCUT2D eigenvalue weighted by Gasteiger charge is -2.39. The minimum atomic E-state index is 0.393. The van der Waals surface area contributed by atoms with Crippen molar-refractivity contribution in [1.82, 2.24) is 10.2 Å². The fourth-order valence-electron chi connectivity index (χ4n) is 3.10. The van der Waals surface area contributed by atoms with Crippen LogP contribution in [0.2, 0.25) is 0 Å². The first kappa shape index (κ1) is 12.3. The molecule has 0 aromatic heterocycles. The molecule has 4 atom stereocenters. The highest BCUT2D eigenvalue weighted by molar-refractivity contribution is 4.82. The van der Waals surface area contributed by atoms with Gasteiger partial charge in [0.2, 0.25) is 0 Å². The first-order valence-corrected chi connectivity index (χ1v) is 6.74. The van der Waals surface area contributed by atoms with E-state index in [-0.39, 0.29) is 0 Å². The zero-order valence-electron chi connectivity index (χ0n) is 10.9. The van der Waals surface area contributed by atoms with Crippen molar-refractivity contribution in [3.8, 4) is 0 Å². The van der Waals surface area contributed by atoms with Crippen molar-refractivity contribution in [2.45, 2.75) is 51.9 Å². The molecule has 0 saturated carbocycles. The van der Waals surface area contributed by atoms with E-state index in [4.69, 9.17) is 4.74 Å². The van der Waals surface area contributed by atoms with Crippen LogP contribution in [0.4, 0.5) is 0 Å². The van der Waals surface area contributed by atoms with E-state index in [1.165, 1.54) is 25.9 Å². The van der Waals surface area contributed by atoms with Crippen molar-refractivity contribution < 1.29 is 4.74 Å². The molecule has 0 aromatic rings. The summed E-state index contributed by atoms with van der Waals surface area (Å²) >= 11 is 0. The van der Waals surface area contributed by atoms with Gasteiger partial charge in [-0.3, -0.25) is 4.90 Å². The maximum Gasteiger partial charge on any atom is 0.0678 e. The Labute approximate surface area is 99.5 Å². The molecule has 94 valence electrons. The van der Waals surface area contributed by atoms with Crippen LogP contribution in [0.1, 0.15) is 33.6 Å². The van der Waals surface area contributed by atoms with Crippen molar-refractivity contribution in [3.63, 3.8) is 0 Å². The molecule has 3 heteroatoms. The second-order valence-electron chi connectivity index (χ2n) is 5.76. The molecular weight excluding hydrogens is 200 g/mol. The quantitative estimate of drug-likeness (QED) is 0.772. The number of piperidine rings is 1. The second-order valence-corrected chi connectivity index (χ2v) is 5.76. The highest BCUT2D eigenvalue weighted by Gasteiger charge is 2.26. The van der Waals surface area contributed by atoms with E-state index in [0.29, 0.717) is 18.2 Å². The van der Waals surface area contributed by atoms with Gasteiger partial charge in [0.1, 0.15) is 0 Å². The Hall–Kier alpha value is -0.120. The zero-order chi connectivity index (χ0) is 11.5. The van der Waals surface area contributed by atoms with Gasteiger partial charge in [0.05, 0.1) is 12.2 Å². The van der Waals surface area contributed by atoms with Crippen molar-refractivity contribution >= 4 is 0 Å². The van der Waals surface area contributed by atoms with Crippen molar-refractivity contribution in [2.24, 2.45) is 5.92 Å². The lowest BCUT2D eigenvalue weighted by atomic mass is 9.94. The SMILES string of the molecule is CC1CCNC(CN2C[C@@H](C)O[C@@H](C)C2)C1. The molecule has 0 aromatic carbocycles. The van der Waals surface area contributed by atoms with Crippen molar-refractivity contribution in [2.75, 3.05) is 26.2 Å². The highest BCUT2D eigenvalue weighted by atomic mass is 16.5. The Balaban J connectivity index is 1.79. The van der Waals surface area contributed by atoms with Gasteiger partial charge in [-0.05, 0) is 39.2 Å². The highest BCUT2D eigenvalue weighted by Crippen LogP contribution is 2.17. The Morgan fingerprint density at radius 2 is 1.88 bits per heavy atom. The van der Waals surface area contributed by atoms with Crippen LogP contribution in [0.3, 0.4) is 0 Å². The van der Waals surface area contributed by atoms with E-state index < -0.39 is 0 Å². The van der Waals surface area contributed by atoms with E-state index in [2.05, 4.69) is 31.0 Å². The molecule has 0 radical (unpaired) electrons. The third-order valence-corrected chi connectivity index (χ3v) is 3.73. The van der Waals surface area contributed by atoms with Crippen LogP contribution in [-0.2, 0) is 4.74 Å². The summed E-state index contributed by atoms with van der Waals surface area (Å²) < 4.78 is 5.76. The zero-order valence-corrected chi connectivity index (χ0v) is 10.9. The fraction of sp³-hybridized carbons (Fsp3) is 1.00. The van der Waals surface area contributed by atoms with E-state index in [0.717, 1.165) is 19.0 Å². The molecule has 0 spiro atoms. The molecule has 0 amide bonds. The maximum atomic E-state index is 5.76. The third-order valence-electron chi connectivity index (χ3n) is 3.73. The van der Waals surface area contributed by atoms with Crippen LogP contribution in [0, 0.1) is 5.92 Å². The lowest BCUT2D eigenvalue weighted by molar-refractivity contribution is -0.0707. The molecule has 1 N–H and O–H groups in total. The van der Waals surface area contributed by atoms with Gasteiger partial charge in [0, 0.05) is 25.7 Å². The standard InChI is InChI=1S/C13H26N2O/c1-10-4-5-14-13(6-10)9-15-7-11(2)16-12(3)8-15/h10-14H,4-9H2,1-3H3/t10?,11-,12+,13?. The molecule has 2 unspecified atom stereocenters. The van der Waals surface area contributed by atoms with Gasteiger partial charge in [-0.2, -0.15) is 0 Å². The van der Waals surface area contributed by atoms with E-state index in [1.54, 1.807) is 0 Å². The molecule has 2 heterocycles. The summed E-state index contributed by atoms with van der Waals surface area (Å²) in [5.41, 5.74) is 0. The molecule has 2 fully saturated rings. The average molecular weight is 226 g/mol. The molecule has 3 nitrogen and oxygen atoms in total. The Kier molecular flexibility index (Phi) is 4.22. The Morgan fingerprint density at radius 1 is 1.19 bits per heavy atom. The topological polar surface area (TPSA) is 24.5 Å². The largest absolute Gasteiger partial charge is 0.373 e. The van der Waals surface area contributed by atoms with E-state index in [9.17, 15) is 0 Å². The number of hydrogen-bond acceptors (Lipinski definition) is 3. The molecule has 0 bridgehead atoms. The molecule has 2 aliphatic heterocycles. The first-order valence-electron chi connectivity index (χ1n) is 6.74. The van der Waals surface area contributed by atoms with Crippen LogP contribution < -0.4 is 5.32 Å². The smallest absolute Gasteiger partial charge is 0.0678 e. The Morgan fingerprint density at radius 3 is 2.50 bits per heavy atom. The molecular formula is C13H26N2O. The van der Waals surface area contributed by atoms with Gasteiger partial charge < -0.3 is 10.1 Å². The summed E-state index contributed by atoms with van der Waals surface area (Å²) in [6.45, 7) is 11.3. The van der Waals surface area contributed by atoms with Gasteiger partial charge in [-0.15, -0.1) is 0 Å². The summed E-state index contributed by atoms with van der Waals surface area (Å²) in [5, 5.41) is 3.64. The fourth-order valence-corrected chi connectivity index (χ4v) is 3.10. The molecule has 2 rings (SSSR count). The summed E-state index contributed by atoms with van der Waals surface area (Å²) in [6.07, 6.45) is 3.46. The van der Waals surface area contributed by atoms with Gasteiger partial charge in [-0.25, -0.2) is 0 Å². The van der Waals surface area contributed by atoms with E-state index >= 15 is 0 Å². The summed E-state index contributed by atoms with van der Waals surface area (Å²) in [6, 6.07) is 0.696. The first-order chi connectivity index (χ1) is 7.63. The Bertz CT molecular complexity index is 212. The monoisotopic (exact) mass is 226 g/mol. The van der Waals surface area contributed by atoms with Gasteiger partial charge in [0.15, 0.2) is 0 Å². The van der Waals surface area contributed by atoms with Gasteiger partial charge >= 0.3 is 0 Å². The van der Waals surface area contributed by atoms with Crippen molar-refractivity contribution in [3.05, 3.63) is 0 Å². The van der Waals surface area contributed by atoms with Crippen LogP contribution in [-0.4, -0.2) is 49.3 Å². The van der Waals surface area contributed by atoms with Crippen LogP contribution >= 0.6 is 0 Å². The normalized spacial score (nSPS) is 42.2. The van der Waals surface area contributed by atoms with Gasteiger partial charge in [0.25, 0.3) is 0 Å². The average Bonchev–Trinajstić information content (AvgIpc) is 2.15. The summed E-state index contributed by atoms with van der Waals surface area (Å²) in [5.74, 6) is 0.891. The molecule has 16 heavy (non-hydrogen) atoms. The predicted molar refractivity (Wildman–Crippen MR) is 66.6 cm³/mol. The summed E-state index contributed by atoms with van der Waals surface area (Å²) in [7, 11) is 0. The predicted octanol–water partition coefficient (Wildman–Crippen LogP) is 1.48. The number of nitrogens with zero attached hydrogens (tertiary/aromatic N) is 1. The van der Waals surface area contributed by atoms with Crippen LogP contribution in [0.25, 0.3) is 0 Å². The van der Waals surface area contributed by atoms with E-state index in [1.807, 2.05) is 0 Å². The summed E-state index contributed by atoms with van der Waals surface area (Å²) in [4.78, 5) is 2.56.